The van der Waals surface area contributed by atoms with Crippen molar-refractivity contribution in [2.24, 2.45) is 0 Å². The summed E-state index contributed by atoms with van der Waals surface area (Å²) >= 11 is 0. The summed E-state index contributed by atoms with van der Waals surface area (Å²) in [5.74, 6) is 1.99. The van der Waals surface area contributed by atoms with E-state index in [0.717, 1.165) is 63.5 Å². The van der Waals surface area contributed by atoms with Crippen molar-refractivity contribution in [3.63, 3.8) is 0 Å². The molecule has 4 rings (SSSR count). The predicted molar refractivity (Wildman–Crippen MR) is 137 cm³/mol. The van der Waals surface area contributed by atoms with Crippen molar-refractivity contribution < 1.29 is 19.4 Å². The van der Waals surface area contributed by atoms with Crippen molar-refractivity contribution in [1.82, 2.24) is 14.7 Å². The van der Waals surface area contributed by atoms with Crippen molar-refractivity contribution in [2.45, 2.75) is 44.4 Å². The van der Waals surface area contributed by atoms with Gasteiger partial charge in [0.05, 0.1) is 19.3 Å². The molecule has 7 nitrogen and oxygen atoms in total. The van der Waals surface area contributed by atoms with E-state index in [-0.39, 0.29) is 5.91 Å². The van der Waals surface area contributed by atoms with Gasteiger partial charge in [-0.15, -0.1) is 0 Å². The van der Waals surface area contributed by atoms with Crippen molar-refractivity contribution >= 4 is 5.91 Å². The first-order valence-corrected chi connectivity index (χ1v) is 12.7. The second-order valence-corrected chi connectivity index (χ2v) is 10.0. The Kier molecular flexibility index (Phi) is 8.65. The molecule has 2 aromatic rings. The zero-order chi connectivity index (χ0) is 24.7. The lowest BCUT2D eigenvalue weighted by molar-refractivity contribution is -0.127. The molecular weight excluding hydrogens is 442 g/mol. The maximum Gasteiger partial charge on any atom is 0.222 e. The molecule has 0 radical (unpaired) electrons. The maximum atomic E-state index is 11.7. The molecular formula is C28H39N3O4. The average Bonchev–Trinajstić information content (AvgIpc) is 3.42. The van der Waals surface area contributed by atoms with Gasteiger partial charge in [0.25, 0.3) is 0 Å². The van der Waals surface area contributed by atoms with Gasteiger partial charge in [-0.1, -0.05) is 24.3 Å². The van der Waals surface area contributed by atoms with Crippen LogP contribution < -0.4 is 9.47 Å². The highest BCUT2D eigenvalue weighted by molar-refractivity contribution is 5.77. The van der Waals surface area contributed by atoms with Crippen LogP contribution in [0.1, 0.15) is 36.8 Å². The fourth-order valence-corrected chi connectivity index (χ4v) is 5.14. The van der Waals surface area contributed by atoms with Gasteiger partial charge in [-0.2, -0.15) is 0 Å². The van der Waals surface area contributed by atoms with Crippen LogP contribution in [0.5, 0.6) is 11.5 Å². The molecule has 2 aliphatic rings. The topological polar surface area (TPSA) is 65.5 Å². The van der Waals surface area contributed by atoms with Crippen LogP contribution in [-0.4, -0.2) is 84.8 Å². The van der Waals surface area contributed by atoms with E-state index in [1.54, 1.807) is 7.11 Å². The van der Waals surface area contributed by atoms with Gasteiger partial charge in [0.1, 0.15) is 11.5 Å². The zero-order valence-corrected chi connectivity index (χ0v) is 21.1. The second kappa shape index (κ2) is 11.9. The van der Waals surface area contributed by atoms with E-state index in [2.05, 4.69) is 41.1 Å². The number of ether oxygens (including phenoxy) is 2. The number of methoxy groups -OCH3 is 1. The smallest absolute Gasteiger partial charge is 0.222 e. The summed E-state index contributed by atoms with van der Waals surface area (Å²) in [4.78, 5) is 18.1. The van der Waals surface area contributed by atoms with Crippen LogP contribution in [0, 0.1) is 0 Å². The highest BCUT2D eigenvalue weighted by atomic mass is 16.5. The lowest BCUT2D eigenvalue weighted by atomic mass is 10.0. The Labute approximate surface area is 209 Å². The third-order valence-corrected chi connectivity index (χ3v) is 6.93. The largest absolute Gasteiger partial charge is 0.497 e. The first-order valence-electron chi connectivity index (χ1n) is 12.7. The highest BCUT2D eigenvalue weighted by Crippen LogP contribution is 2.25. The summed E-state index contributed by atoms with van der Waals surface area (Å²) in [5, 5.41) is 11.2. The molecule has 2 fully saturated rings. The molecule has 1 amide bonds. The first kappa shape index (κ1) is 25.5. The molecule has 0 spiro atoms. The number of β-amino-alcohol motifs (C(OH)–C–C–N with tert-alkyl or cyclic N) is 1. The van der Waals surface area contributed by atoms with Crippen LogP contribution >= 0.6 is 0 Å². The summed E-state index contributed by atoms with van der Waals surface area (Å²) in [6.45, 7) is 6.11. The van der Waals surface area contributed by atoms with Gasteiger partial charge in [0, 0.05) is 52.2 Å². The normalized spacial score (nSPS) is 20.7. The van der Waals surface area contributed by atoms with E-state index in [1.165, 1.54) is 11.1 Å². The third-order valence-electron chi connectivity index (χ3n) is 6.93. The SMILES string of the molecule is COc1ccc(CN(C)CC2(O)CCN(Cc3ccc(OCCCN4CCCC4=O)cc3)C2)cc1. The van der Waals surface area contributed by atoms with Crippen molar-refractivity contribution in [2.75, 3.05) is 53.5 Å². The summed E-state index contributed by atoms with van der Waals surface area (Å²) in [5.41, 5.74) is 1.73. The number of carbonyl (C=O) groups is 1. The minimum Gasteiger partial charge on any atom is -0.497 e. The first-order chi connectivity index (χ1) is 16.9. The number of nitrogens with zero attached hydrogens (tertiary/aromatic N) is 3. The van der Waals surface area contributed by atoms with E-state index in [1.807, 2.05) is 29.2 Å². The number of hydrogen-bond acceptors (Lipinski definition) is 6. The molecule has 190 valence electrons. The molecule has 1 atom stereocenters. The fourth-order valence-electron chi connectivity index (χ4n) is 5.14. The molecule has 1 unspecified atom stereocenters. The second-order valence-electron chi connectivity index (χ2n) is 10.0. The number of rotatable bonds is 12. The number of likely N-dealkylation sites (N-methyl/N-ethyl adjacent to an activating group) is 1. The Balaban J connectivity index is 1.17. The van der Waals surface area contributed by atoms with Gasteiger partial charge in [0.15, 0.2) is 0 Å². The average molecular weight is 482 g/mol. The van der Waals surface area contributed by atoms with Gasteiger partial charge in [-0.25, -0.2) is 0 Å². The Morgan fingerprint density at radius 1 is 1.03 bits per heavy atom. The van der Waals surface area contributed by atoms with E-state index in [9.17, 15) is 9.90 Å². The lowest BCUT2D eigenvalue weighted by Gasteiger charge is -2.29. The van der Waals surface area contributed by atoms with Gasteiger partial charge < -0.3 is 19.5 Å². The maximum absolute atomic E-state index is 11.7. The summed E-state index contributed by atoms with van der Waals surface area (Å²) in [7, 11) is 3.74. The van der Waals surface area contributed by atoms with Gasteiger partial charge in [-0.05, 0) is 61.7 Å². The molecule has 2 heterocycles. The molecule has 0 saturated carbocycles. The van der Waals surface area contributed by atoms with Crippen molar-refractivity contribution in [3.05, 3.63) is 59.7 Å². The molecule has 2 aliphatic heterocycles. The van der Waals surface area contributed by atoms with Crippen molar-refractivity contribution in [1.29, 1.82) is 0 Å². The molecule has 0 bridgehead atoms. The summed E-state index contributed by atoms with van der Waals surface area (Å²) in [6, 6.07) is 16.3. The molecule has 0 aromatic heterocycles. The standard InChI is InChI=1S/C28H39N3O4/c1-29(19-23-6-10-25(34-2)11-7-23)21-28(33)14-17-30(22-28)20-24-8-12-26(13-9-24)35-18-4-16-31-15-3-5-27(31)32/h6-13,33H,3-5,14-22H2,1-2H3. The van der Waals surface area contributed by atoms with Gasteiger partial charge >= 0.3 is 0 Å². The molecule has 0 aliphatic carbocycles. The molecule has 35 heavy (non-hydrogen) atoms. The van der Waals surface area contributed by atoms with Crippen LogP contribution in [0.2, 0.25) is 0 Å². The minimum absolute atomic E-state index is 0.270. The molecule has 2 saturated heterocycles. The third kappa shape index (κ3) is 7.43. The van der Waals surface area contributed by atoms with Crippen LogP contribution in [0.4, 0.5) is 0 Å². The van der Waals surface area contributed by atoms with E-state index >= 15 is 0 Å². The monoisotopic (exact) mass is 481 g/mol. The fraction of sp³-hybridized carbons (Fsp3) is 0.536. The molecule has 1 N–H and O–H groups in total. The van der Waals surface area contributed by atoms with E-state index in [0.29, 0.717) is 26.1 Å². The molecule has 2 aromatic carbocycles. The van der Waals surface area contributed by atoms with Gasteiger partial charge in [0.2, 0.25) is 5.91 Å². The minimum atomic E-state index is -0.693. The van der Waals surface area contributed by atoms with Gasteiger partial charge in [-0.3, -0.25) is 14.6 Å². The van der Waals surface area contributed by atoms with Crippen LogP contribution in [0.25, 0.3) is 0 Å². The summed E-state index contributed by atoms with van der Waals surface area (Å²) < 4.78 is 11.1. The predicted octanol–water partition coefficient (Wildman–Crippen LogP) is 3.16. The Bertz CT molecular complexity index is 950. The molecule has 7 heteroatoms. The number of likely N-dealkylation sites (tertiary alicyclic amines) is 2. The lowest BCUT2D eigenvalue weighted by Crippen LogP contribution is -2.43. The van der Waals surface area contributed by atoms with Crippen LogP contribution in [-0.2, 0) is 17.9 Å². The van der Waals surface area contributed by atoms with E-state index < -0.39 is 5.60 Å². The summed E-state index contributed by atoms with van der Waals surface area (Å²) in [6.07, 6.45) is 3.31. The number of amides is 1. The quantitative estimate of drug-likeness (QED) is 0.470. The number of benzene rings is 2. The Morgan fingerprint density at radius 2 is 1.74 bits per heavy atom. The number of carbonyl (C=O) groups excluding carboxylic acids is 1. The van der Waals surface area contributed by atoms with Crippen molar-refractivity contribution in [3.8, 4) is 11.5 Å². The Hall–Kier alpha value is -2.61. The zero-order valence-electron chi connectivity index (χ0n) is 21.1. The van der Waals surface area contributed by atoms with Crippen LogP contribution in [0.15, 0.2) is 48.5 Å². The number of aliphatic hydroxyl groups is 1. The van der Waals surface area contributed by atoms with Crippen LogP contribution in [0.3, 0.4) is 0 Å². The van der Waals surface area contributed by atoms with E-state index in [4.69, 9.17) is 9.47 Å². The Morgan fingerprint density at radius 3 is 2.43 bits per heavy atom. The number of hydrogen-bond donors (Lipinski definition) is 1. The highest BCUT2D eigenvalue weighted by Gasteiger charge is 2.36.